The lowest BCUT2D eigenvalue weighted by Gasteiger charge is -2.20. The Kier molecular flexibility index (Phi) is 6.23. The monoisotopic (exact) mass is 464 g/mol. The minimum absolute atomic E-state index is 0.0777. The minimum atomic E-state index is -0.554. The molecule has 1 fully saturated rings. The van der Waals surface area contributed by atoms with Crippen molar-refractivity contribution in [2.24, 2.45) is 5.92 Å². The smallest absolute Gasteiger partial charge is 0.252 e. The highest BCUT2D eigenvalue weighted by Crippen LogP contribution is 2.36. The number of amides is 2. The predicted molar refractivity (Wildman–Crippen MR) is 126 cm³/mol. The van der Waals surface area contributed by atoms with Crippen LogP contribution in [0.15, 0.2) is 42.7 Å². The molecule has 3 aromatic rings. The summed E-state index contributed by atoms with van der Waals surface area (Å²) in [6.45, 7) is 6.32. The topological polar surface area (TPSA) is 111 Å². The summed E-state index contributed by atoms with van der Waals surface area (Å²) in [5, 5.41) is 7.55. The maximum atomic E-state index is 13.2. The first kappa shape index (κ1) is 23.2. The number of aromatic nitrogens is 4. The van der Waals surface area contributed by atoms with Gasteiger partial charge in [-0.15, -0.1) is 0 Å². The van der Waals surface area contributed by atoms with Gasteiger partial charge in [-0.05, 0) is 18.2 Å². The molecular weight excluding hydrogens is 436 g/mol. The fourth-order valence-corrected chi connectivity index (χ4v) is 3.74. The molecule has 1 aromatic carbocycles. The highest BCUT2D eigenvalue weighted by atomic mass is 16.5. The zero-order chi connectivity index (χ0) is 24.5. The highest BCUT2D eigenvalue weighted by Gasteiger charge is 2.37. The van der Waals surface area contributed by atoms with Gasteiger partial charge in [0.25, 0.3) is 5.95 Å². The highest BCUT2D eigenvalue weighted by molar-refractivity contribution is 6.04. The van der Waals surface area contributed by atoms with Gasteiger partial charge in [-0.25, -0.2) is 9.97 Å². The lowest BCUT2D eigenvalue weighted by molar-refractivity contribution is -0.122. The van der Waals surface area contributed by atoms with Crippen LogP contribution in [0.3, 0.4) is 0 Å². The quantitative estimate of drug-likeness (QED) is 0.597. The van der Waals surface area contributed by atoms with Gasteiger partial charge in [0.2, 0.25) is 11.8 Å². The standard InChI is InChI=1S/C24H28N6O4/c1-24(2,3)19-13-20(30(28-19)23-25-9-6-10-26-23)27-22(32)15-11-21(31)29(14-15)17-12-16(33-4)7-8-18(17)34-5/h6-10,12-13,15H,11,14H2,1-5H3,(H,27,32). The molecule has 2 aromatic heterocycles. The van der Waals surface area contributed by atoms with Crippen molar-refractivity contribution >= 4 is 23.3 Å². The van der Waals surface area contributed by atoms with Crippen molar-refractivity contribution in [3.05, 3.63) is 48.4 Å². The molecule has 0 bridgehead atoms. The molecule has 0 spiro atoms. The Morgan fingerprint density at radius 1 is 1.12 bits per heavy atom. The van der Waals surface area contributed by atoms with E-state index in [4.69, 9.17) is 9.47 Å². The molecule has 0 aliphatic carbocycles. The van der Waals surface area contributed by atoms with Gasteiger partial charge in [-0.1, -0.05) is 20.8 Å². The molecule has 0 saturated carbocycles. The number of carbonyl (C=O) groups excluding carboxylic acids is 2. The van der Waals surface area contributed by atoms with Gasteiger partial charge >= 0.3 is 0 Å². The van der Waals surface area contributed by atoms with Crippen LogP contribution in [-0.2, 0) is 15.0 Å². The summed E-state index contributed by atoms with van der Waals surface area (Å²) in [6, 6.07) is 8.75. The van der Waals surface area contributed by atoms with Crippen LogP contribution < -0.4 is 19.7 Å². The van der Waals surface area contributed by atoms with E-state index in [-0.39, 0.29) is 30.2 Å². The number of ether oxygens (including phenoxy) is 2. The number of hydrogen-bond donors (Lipinski definition) is 1. The van der Waals surface area contributed by atoms with E-state index in [2.05, 4.69) is 20.4 Å². The Hall–Kier alpha value is -3.95. The summed E-state index contributed by atoms with van der Waals surface area (Å²) >= 11 is 0. The normalized spacial score (nSPS) is 16.0. The number of nitrogens with zero attached hydrogens (tertiary/aromatic N) is 5. The molecule has 0 radical (unpaired) electrons. The fourth-order valence-electron chi connectivity index (χ4n) is 3.74. The van der Waals surface area contributed by atoms with Gasteiger partial charge in [0.1, 0.15) is 17.3 Å². The molecule has 1 atom stereocenters. The van der Waals surface area contributed by atoms with E-state index in [1.54, 1.807) is 48.7 Å². The third kappa shape index (κ3) is 4.57. The van der Waals surface area contributed by atoms with E-state index < -0.39 is 5.92 Å². The first-order valence-electron chi connectivity index (χ1n) is 10.9. The van der Waals surface area contributed by atoms with Crippen molar-refractivity contribution in [3.63, 3.8) is 0 Å². The molecule has 2 amide bonds. The van der Waals surface area contributed by atoms with Crippen LogP contribution in [0.4, 0.5) is 11.5 Å². The third-order valence-electron chi connectivity index (χ3n) is 5.64. The summed E-state index contributed by atoms with van der Waals surface area (Å²) in [4.78, 5) is 36.2. The third-order valence-corrected chi connectivity index (χ3v) is 5.64. The summed E-state index contributed by atoms with van der Waals surface area (Å²) in [5.74, 6) is 0.922. The van der Waals surface area contributed by atoms with Crippen molar-refractivity contribution in [2.45, 2.75) is 32.6 Å². The Balaban J connectivity index is 1.59. The predicted octanol–water partition coefficient (Wildman–Crippen LogP) is 2.97. The van der Waals surface area contributed by atoms with E-state index in [9.17, 15) is 9.59 Å². The number of rotatable bonds is 6. The van der Waals surface area contributed by atoms with Gasteiger partial charge in [0.05, 0.1) is 31.5 Å². The summed E-state index contributed by atoms with van der Waals surface area (Å²) in [6.07, 6.45) is 3.30. The second-order valence-electron chi connectivity index (χ2n) is 9.06. The fraction of sp³-hybridized carbons (Fsp3) is 0.375. The van der Waals surface area contributed by atoms with Crippen molar-refractivity contribution in [1.82, 2.24) is 19.7 Å². The second kappa shape index (κ2) is 9.12. The SMILES string of the molecule is COc1ccc(OC)c(N2CC(C(=O)Nc3cc(C(C)(C)C)nn3-c3ncccn3)CC2=O)c1. The summed E-state index contributed by atoms with van der Waals surface area (Å²) in [7, 11) is 3.09. The molecule has 10 nitrogen and oxygen atoms in total. The molecule has 10 heteroatoms. The van der Waals surface area contributed by atoms with Crippen molar-refractivity contribution in [3.8, 4) is 17.4 Å². The molecule has 1 aliphatic heterocycles. The van der Waals surface area contributed by atoms with Crippen LogP contribution >= 0.6 is 0 Å². The first-order chi connectivity index (χ1) is 16.2. The molecule has 1 unspecified atom stereocenters. The van der Waals surface area contributed by atoms with Gasteiger partial charge in [0.15, 0.2) is 0 Å². The Morgan fingerprint density at radius 2 is 1.85 bits per heavy atom. The van der Waals surface area contributed by atoms with Crippen LogP contribution in [-0.4, -0.2) is 52.3 Å². The van der Waals surface area contributed by atoms with Gasteiger partial charge in [0, 0.05) is 42.9 Å². The lowest BCUT2D eigenvalue weighted by Crippen LogP contribution is -2.29. The maximum Gasteiger partial charge on any atom is 0.252 e. The average Bonchev–Trinajstić information content (AvgIpc) is 3.43. The average molecular weight is 465 g/mol. The Morgan fingerprint density at radius 3 is 2.50 bits per heavy atom. The van der Waals surface area contributed by atoms with Crippen molar-refractivity contribution in [2.75, 3.05) is 31.0 Å². The van der Waals surface area contributed by atoms with Gasteiger partial charge in [-0.3, -0.25) is 9.59 Å². The van der Waals surface area contributed by atoms with E-state index in [0.29, 0.717) is 29.0 Å². The summed E-state index contributed by atoms with van der Waals surface area (Å²) < 4.78 is 12.2. The van der Waals surface area contributed by atoms with Crippen LogP contribution in [0, 0.1) is 5.92 Å². The molecule has 178 valence electrons. The van der Waals surface area contributed by atoms with Crippen LogP contribution in [0.2, 0.25) is 0 Å². The van der Waals surface area contributed by atoms with Crippen LogP contribution in [0.1, 0.15) is 32.9 Å². The number of hydrogen-bond acceptors (Lipinski definition) is 7. The Labute approximate surface area is 197 Å². The number of anilines is 2. The second-order valence-corrected chi connectivity index (χ2v) is 9.06. The molecule has 1 aliphatic rings. The van der Waals surface area contributed by atoms with Crippen molar-refractivity contribution < 1.29 is 19.1 Å². The largest absolute Gasteiger partial charge is 0.497 e. The maximum absolute atomic E-state index is 13.2. The van der Waals surface area contributed by atoms with Gasteiger partial charge < -0.3 is 19.7 Å². The molecule has 34 heavy (non-hydrogen) atoms. The summed E-state index contributed by atoms with van der Waals surface area (Å²) in [5.41, 5.74) is 1.10. The molecule has 1 N–H and O–H groups in total. The molecular formula is C24H28N6O4. The number of nitrogens with one attached hydrogen (secondary N) is 1. The van der Waals surface area contributed by atoms with Crippen LogP contribution in [0.25, 0.3) is 5.95 Å². The van der Waals surface area contributed by atoms with E-state index in [0.717, 1.165) is 5.69 Å². The molecule has 3 heterocycles. The van der Waals surface area contributed by atoms with E-state index in [1.807, 2.05) is 26.8 Å². The van der Waals surface area contributed by atoms with Crippen molar-refractivity contribution in [1.29, 1.82) is 0 Å². The zero-order valence-corrected chi connectivity index (χ0v) is 19.9. The number of carbonyl (C=O) groups is 2. The molecule has 1 saturated heterocycles. The lowest BCUT2D eigenvalue weighted by atomic mass is 9.92. The van der Waals surface area contributed by atoms with Crippen LogP contribution in [0.5, 0.6) is 11.5 Å². The molecule has 4 rings (SSSR count). The zero-order valence-electron chi connectivity index (χ0n) is 19.9. The number of methoxy groups -OCH3 is 2. The first-order valence-corrected chi connectivity index (χ1v) is 10.9. The van der Waals surface area contributed by atoms with E-state index in [1.165, 1.54) is 11.8 Å². The Bertz CT molecular complexity index is 1200. The van der Waals surface area contributed by atoms with E-state index >= 15 is 0 Å². The minimum Gasteiger partial charge on any atom is -0.497 e. The number of benzene rings is 1. The van der Waals surface area contributed by atoms with Gasteiger partial charge in [-0.2, -0.15) is 9.78 Å².